The summed E-state index contributed by atoms with van der Waals surface area (Å²) in [7, 11) is 1.46. The van der Waals surface area contributed by atoms with E-state index in [9.17, 15) is 14.3 Å². The van der Waals surface area contributed by atoms with Crippen molar-refractivity contribution in [2.75, 3.05) is 13.7 Å². The Morgan fingerprint density at radius 1 is 1.30 bits per heavy atom. The summed E-state index contributed by atoms with van der Waals surface area (Å²) < 4.78 is 18.0. The molecular weight excluding hydrogens is 321 g/mol. The van der Waals surface area contributed by atoms with E-state index in [0.29, 0.717) is 21.9 Å². The smallest absolute Gasteiger partial charge is 0.251 e. The molecule has 0 spiro atoms. The van der Waals surface area contributed by atoms with Crippen LogP contribution in [0.3, 0.4) is 0 Å². The van der Waals surface area contributed by atoms with Gasteiger partial charge in [0.25, 0.3) is 5.91 Å². The second-order valence-electron chi connectivity index (χ2n) is 5.31. The van der Waals surface area contributed by atoms with E-state index in [2.05, 4.69) is 5.32 Å². The van der Waals surface area contributed by atoms with Gasteiger partial charge in [-0.25, -0.2) is 4.39 Å². The molecule has 23 heavy (non-hydrogen) atoms. The minimum atomic E-state index is -1.32. The van der Waals surface area contributed by atoms with Gasteiger partial charge in [0, 0.05) is 5.56 Å². The molecule has 0 saturated heterocycles. The molecule has 2 aromatic carbocycles. The Morgan fingerprint density at radius 2 is 1.96 bits per heavy atom. The molecule has 0 aliphatic carbocycles. The quantitative estimate of drug-likeness (QED) is 0.881. The molecule has 4 nitrogen and oxygen atoms in total. The van der Waals surface area contributed by atoms with Gasteiger partial charge in [-0.1, -0.05) is 23.7 Å². The van der Waals surface area contributed by atoms with E-state index in [0.717, 1.165) is 0 Å². The van der Waals surface area contributed by atoms with Crippen molar-refractivity contribution in [1.29, 1.82) is 0 Å². The van der Waals surface area contributed by atoms with E-state index >= 15 is 0 Å². The number of methoxy groups -OCH3 is 1. The van der Waals surface area contributed by atoms with Crippen molar-refractivity contribution in [3.05, 3.63) is 64.4 Å². The molecule has 0 fully saturated rings. The van der Waals surface area contributed by atoms with Gasteiger partial charge in [0.2, 0.25) is 0 Å². The topological polar surface area (TPSA) is 58.6 Å². The molecule has 1 amide bonds. The van der Waals surface area contributed by atoms with E-state index in [1.807, 2.05) is 0 Å². The lowest BCUT2D eigenvalue weighted by molar-refractivity contribution is 0.0526. The maximum absolute atomic E-state index is 12.9. The van der Waals surface area contributed by atoms with Crippen molar-refractivity contribution in [2.45, 2.75) is 12.5 Å². The lowest BCUT2D eigenvalue weighted by Crippen LogP contribution is -2.38. The van der Waals surface area contributed by atoms with Crippen LogP contribution in [0.4, 0.5) is 4.39 Å². The highest BCUT2D eigenvalue weighted by molar-refractivity contribution is 6.32. The van der Waals surface area contributed by atoms with Gasteiger partial charge in [-0.3, -0.25) is 4.79 Å². The number of hydrogen-bond acceptors (Lipinski definition) is 3. The van der Waals surface area contributed by atoms with E-state index in [-0.39, 0.29) is 18.3 Å². The van der Waals surface area contributed by atoms with Crippen LogP contribution >= 0.6 is 11.6 Å². The predicted molar refractivity (Wildman–Crippen MR) is 86.3 cm³/mol. The van der Waals surface area contributed by atoms with Crippen molar-refractivity contribution in [3.63, 3.8) is 0 Å². The molecular formula is C17H17ClFNO3. The van der Waals surface area contributed by atoms with Crippen LogP contribution in [0.15, 0.2) is 42.5 Å². The van der Waals surface area contributed by atoms with Gasteiger partial charge in [0.15, 0.2) is 0 Å². The van der Waals surface area contributed by atoms with Gasteiger partial charge in [-0.05, 0) is 42.8 Å². The second-order valence-corrected chi connectivity index (χ2v) is 5.72. The van der Waals surface area contributed by atoms with Gasteiger partial charge >= 0.3 is 0 Å². The van der Waals surface area contributed by atoms with Crippen molar-refractivity contribution < 1.29 is 19.0 Å². The fourth-order valence-electron chi connectivity index (χ4n) is 2.07. The Kier molecular flexibility index (Phi) is 5.23. The molecule has 2 N–H and O–H groups in total. The SMILES string of the molecule is COc1cc(C(=O)NCC(C)(O)c2ccc(F)cc2)ccc1Cl. The number of aliphatic hydroxyl groups is 1. The Bertz CT molecular complexity index is 701. The number of benzene rings is 2. The molecule has 0 saturated carbocycles. The number of amides is 1. The molecule has 2 rings (SSSR count). The van der Waals surface area contributed by atoms with Crippen LogP contribution in [-0.2, 0) is 5.60 Å². The Balaban J connectivity index is 2.07. The molecule has 0 aliphatic rings. The maximum Gasteiger partial charge on any atom is 0.251 e. The third-order valence-electron chi connectivity index (χ3n) is 3.47. The Labute approximate surface area is 138 Å². The zero-order valence-corrected chi connectivity index (χ0v) is 13.5. The first-order valence-electron chi connectivity index (χ1n) is 6.93. The monoisotopic (exact) mass is 337 g/mol. The van der Waals surface area contributed by atoms with Crippen LogP contribution in [0, 0.1) is 5.82 Å². The number of carbonyl (C=O) groups is 1. The normalized spacial score (nSPS) is 13.3. The van der Waals surface area contributed by atoms with E-state index in [1.54, 1.807) is 19.1 Å². The summed E-state index contributed by atoms with van der Waals surface area (Å²) in [6.07, 6.45) is 0. The second kappa shape index (κ2) is 6.98. The molecule has 0 bridgehead atoms. The van der Waals surface area contributed by atoms with Crippen LogP contribution in [0.5, 0.6) is 5.75 Å². The summed E-state index contributed by atoms with van der Waals surface area (Å²) in [6.45, 7) is 1.52. The van der Waals surface area contributed by atoms with Crippen LogP contribution in [-0.4, -0.2) is 24.7 Å². The summed E-state index contributed by atoms with van der Waals surface area (Å²) in [4.78, 5) is 12.2. The van der Waals surface area contributed by atoms with E-state index in [4.69, 9.17) is 16.3 Å². The first kappa shape index (κ1) is 17.2. The molecule has 0 heterocycles. The lowest BCUT2D eigenvalue weighted by atomic mass is 9.96. The Morgan fingerprint density at radius 3 is 2.57 bits per heavy atom. The molecule has 0 aliphatic heterocycles. The highest BCUT2D eigenvalue weighted by Crippen LogP contribution is 2.25. The number of ether oxygens (including phenoxy) is 1. The van der Waals surface area contributed by atoms with Crippen LogP contribution in [0.25, 0.3) is 0 Å². The zero-order valence-electron chi connectivity index (χ0n) is 12.8. The number of carbonyl (C=O) groups excluding carboxylic acids is 1. The number of halogens is 2. The summed E-state index contributed by atoms with van der Waals surface area (Å²) in [5.41, 5.74) is -0.450. The minimum Gasteiger partial charge on any atom is -0.495 e. The lowest BCUT2D eigenvalue weighted by Gasteiger charge is -2.24. The standard InChI is InChI=1S/C17H17ClFNO3/c1-17(22,12-4-6-13(19)7-5-12)10-20-16(21)11-3-8-14(18)15(9-11)23-2/h3-9,22H,10H2,1-2H3,(H,20,21). The summed E-state index contributed by atoms with van der Waals surface area (Å²) in [5, 5.41) is 13.5. The molecule has 1 atom stereocenters. The van der Waals surface area contributed by atoms with Crippen molar-refractivity contribution >= 4 is 17.5 Å². The van der Waals surface area contributed by atoms with Gasteiger partial charge in [0.1, 0.15) is 17.2 Å². The molecule has 0 radical (unpaired) electrons. The van der Waals surface area contributed by atoms with E-state index < -0.39 is 5.60 Å². The van der Waals surface area contributed by atoms with Gasteiger partial charge in [0.05, 0.1) is 18.7 Å². The maximum atomic E-state index is 12.9. The fourth-order valence-corrected chi connectivity index (χ4v) is 2.26. The largest absolute Gasteiger partial charge is 0.495 e. The minimum absolute atomic E-state index is 0.0254. The molecule has 6 heteroatoms. The first-order chi connectivity index (χ1) is 10.8. The molecule has 1 unspecified atom stereocenters. The zero-order chi connectivity index (χ0) is 17.0. The van der Waals surface area contributed by atoms with Crippen molar-refractivity contribution in [3.8, 4) is 5.75 Å². The van der Waals surface area contributed by atoms with Crippen molar-refractivity contribution in [2.24, 2.45) is 0 Å². The highest BCUT2D eigenvalue weighted by Gasteiger charge is 2.24. The summed E-state index contributed by atoms with van der Waals surface area (Å²) in [5.74, 6) is -0.367. The molecule has 122 valence electrons. The number of hydrogen-bond donors (Lipinski definition) is 2. The van der Waals surface area contributed by atoms with Crippen LogP contribution in [0.1, 0.15) is 22.8 Å². The third kappa shape index (κ3) is 4.21. The summed E-state index contributed by atoms with van der Waals surface area (Å²) >= 11 is 5.92. The van der Waals surface area contributed by atoms with Crippen LogP contribution in [0.2, 0.25) is 5.02 Å². The molecule has 0 aromatic heterocycles. The fraction of sp³-hybridized carbons (Fsp3) is 0.235. The van der Waals surface area contributed by atoms with Crippen LogP contribution < -0.4 is 10.1 Å². The third-order valence-corrected chi connectivity index (χ3v) is 3.78. The first-order valence-corrected chi connectivity index (χ1v) is 7.31. The predicted octanol–water partition coefficient (Wildman–Crippen LogP) is 3.13. The van der Waals surface area contributed by atoms with Gasteiger partial charge in [-0.2, -0.15) is 0 Å². The molecule has 2 aromatic rings. The van der Waals surface area contributed by atoms with Gasteiger partial charge < -0.3 is 15.2 Å². The van der Waals surface area contributed by atoms with Crippen molar-refractivity contribution in [1.82, 2.24) is 5.32 Å². The number of nitrogens with one attached hydrogen (secondary N) is 1. The summed E-state index contributed by atoms with van der Waals surface area (Å²) in [6, 6.07) is 10.1. The average molecular weight is 338 g/mol. The Hall–Kier alpha value is -2.11. The average Bonchev–Trinajstić information content (AvgIpc) is 2.53. The van der Waals surface area contributed by atoms with E-state index in [1.165, 1.54) is 37.4 Å². The highest BCUT2D eigenvalue weighted by atomic mass is 35.5. The van der Waals surface area contributed by atoms with Gasteiger partial charge in [-0.15, -0.1) is 0 Å². The number of rotatable bonds is 5.